The largest absolute Gasteiger partial charge is 0.339 e. The third-order valence-corrected chi connectivity index (χ3v) is 2.35. The van der Waals surface area contributed by atoms with Gasteiger partial charge in [-0.05, 0) is 17.8 Å². The molecule has 15 heavy (non-hydrogen) atoms. The summed E-state index contributed by atoms with van der Waals surface area (Å²) in [7, 11) is 0. The number of nitrogens with zero attached hydrogens (tertiary/aromatic N) is 2. The van der Waals surface area contributed by atoms with Crippen molar-refractivity contribution >= 4 is 11.6 Å². The van der Waals surface area contributed by atoms with Crippen LogP contribution < -0.4 is 0 Å². The topological polar surface area (TPSA) is 38.9 Å². The molecule has 0 fully saturated rings. The van der Waals surface area contributed by atoms with Crippen molar-refractivity contribution in [2.45, 2.75) is 46.4 Å². The molecule has 0 saturated carbocycles. The number of rotatable bonds is 4. The van der Waals surface area contributed by atoms with E-state index >= 15 is 0 Å². The zero-order valence-electron chi connectivity index (χ0n) is 9.88. The summed E-state index contributed by atoms with van der Waals surface area (Å²) >= 11 is 5.60. The normalized spacial score (nSPS) is 14.2. The molecule has 1 heterocycles. The summed E-state index contributed by atoms with van der Waals surface area (Å²) in [6.45, 7) is 8.92. The van der Waals surface area contributed by atoms with Crippen molar-refractivity contribution < 1.29 is 4.52 Å². The maximum absolute atomic E-state index is 5.60. The first-order valence-electron chi connectivity index (χ1n) is 5.28. The summed E-state index contributed by atoms with van der Waals surface area (Å²) in [5.41, 5.74) is 0.342. The molecule has 0 aliphatic heterocycles. The van der Waals surface area contributed by atoms with Gasteiger partial charge in [-0.2, -0.15) is 4.98 Å². The van der Waals surface area contributed by atoms with Crippen LogP contribution in [0.4, 0.5) is 0 Å². The van der Waals surface area contributed by atoms with Gasteiger partial charge < -0.3 is 4.52 Å². The minimum atomic E-state index is 0.317. The van der Waals surface area contributed by atoms with Crippen molar-refractivity contribution in [2.75, 3.05) is 0 Å². The highest BCUT2D eigenvalue weighted by molar-refractivity contribution is 6.16. The lowest BCUT2D eigenvalue weighted by Crippen LogP contribution is -2.12. The minimum absolute atomic E-state index is 0.317. The van der Waals surface area contributed by atoms with Gasteiger partial charge in [-0.1, -0.05) is 32.9 Å². The number of hydrogen-bond acceptors (Lipinski definition) is 3. The Hall–Kier alpha value is -0.570. The molecule has 4 heteroatoms. The Labute approximate surface area is 96.2 Å². The fourth-order valence-electron chi connectivity index (χ4n) is 1.84. The average molecular weight is 231 g/mol. The third-order valence-electron chi connectivity index (χ3n) is 2.11. The van der Waals surface area contributed by atoms with Gasteiger partial charge in [0.15, 0.2) is 5.82 Å². The summed E-state index contributed by atoms with van der Waals surface area (Å²) in [4.78, 5) is 4.19. The van der Waals surface area contributed by atoms with Gasteiger partial charge in [0, 0.05) is 6.42 Å². The quantitative estimate of drug-likeness (QED) is 0.744. The van der Waals surface area contributed by atoms with Crippen LogP contribution in [-0.4, -0.2) is 10.1 Å². The molecule has 0 aliphatic carbocycles. The van der Waals surface area contributed by atoms with Crippen LogP contribution in [0.5, 0.6) is 0 Å². The molecule has 1 aromatic heterocycles. The van der Waals surface area contributed by atoms with Gasteiger partial charge in [-0.15, -0.1) is 11.6 Å². The number of hydrogen-bond donors (Lipinski definition) is 0. The number of halogens is 1. The van der Waals surface area contributed by atoms with Gasteiger partial charge in [-0.3, -0.25) is 0 Å². The summed E-state index contributed by atoms with van der Waals surface area (Å²) in [6, 6.07) is 0. The van der Waals surface area contributed by atoms with Crippen molar-refractivity contribution in [1.29, 1.82) is 0 Å². The zero-order valence-corrected chi connectivity index (χ0v) is 10.6. The number of alkyl halides is 1. The molecule has 0 radical (unpaired) electrons. The van der Waals surface area contributed by atoms with E-state index in [4.69, 9.17) is 16.1 Å². The lowest BCUT2D eigenvalue weighted by Gasteiger charge is -2.21. The minimum Gasteiger partial charge on any atom is -0.339 e. The van der Waals surface area contributed by atoms with Gasteiger partial charge >= 0.3 is 0 Å². The highest BCUT2D eigenvalue weighted by Crippen LogP contribution is 2.25. The SMILES string of the molecule is CC(Cc1nc(CCl)no1)CC(C)(C)C. The van der Waals surface area contributed by atoms with Gasteiger partial charge in [0.1, 0.15) is 0 Å². The molecule has 1 rings (SSSR count). The fraction of sp³-hybridized carbons (Fsp3) is 0.818. The monoisotopic (exact) mass is 230 g/mol. The fourth-order valence-corrected chi connectivity index (χ4v) is 1.95. The van der Waals surface area contributed by atoms with Crippen molar-refractivity contribution in [3.05, 3.63) is 11.7 Å². The van der Waals surface area contributed by atoms with Gasteiger partial charge in [0.2, 0.25) is 5.89 Å². The second kappa shape index (κ2) is 4.97. The Morgan fingerprint density at radius 1 is 1.40 bits per heavy atom. The van der Waals surface area contributed by atoms with Crippen LogP contribution in [0.2, 0.25) is 0 Å². The van der Waals surface area contributed by atoms with Crippen molar-refractivity contribution in [1.82, 2.24) is 10.1 Å². The Morgan fingerprint density at radius 2 is 2.07 bits per heavy atom. The van der Waals surface area contributed by atoms with Crippen LogP contribution in [0, 0.1) is 11.3 Å². The summed E-state index contributed by atoms with van der Waals surface area (Å²) < 4.78 is 5.10. The Balaban J connectivity index is 2.47. The predicted molar refractivity (Wildman–Crippen MR) is 60.8 cm³/mol. The Bertz CT molecular complexity index is 304. The third kappa shape index (κ3) is 4.65. The van der Waals surface area contributed by atoms with E-state index in [0.717, 1.165) is 12.8 Å². The van der Waals surface area contributed by atoms with E-state index in [1.54, 1.807) is 0 Å². The molecule has 86 valence electrons. The first kappa shape index (κ1) is 12.5. The molecule has 0 amide bonds. The molecular weight excluding hydrogens is 212 g/mol. The Kier molecular flexibility index (Phi) is 4.14. The maximum Gasteiger partial charge on any atom is 0.226 e. The molecule has 1 unspecified atom stereocenters. The van der Waals surface area contributed by atoms with Crippen LogP contribution in [0.1, 0.15) is 45.8 Å². The van der Waals surface area contributed by atoms with E-state index in [2.05, 4.69) is 37.8 Å². The first-order valence-corrected chi connectivity index (χ1v) is 5.81. The second-order valence-corrected chi connectivity index (χ2v) is 5.58. The second-order valence-electron chi connectivity index (χ2n) is 5.31. The maximum atomic E-state index is 5.60. The average Bonchev–Trinajstić information content (AvgIpc) is 2.48. The summed E-state index contributed by atoms with van der Waals surface area (Å²) in [5, 5.41) is 3.77. The molecule has 0 N–H and O–H groups in total. The van der Waals surface area contributed by atoms with Crippen molar-refractivity contribution in [2.24, 2.45) is 11.3 Å². The zero-order chi connectivity index (χ0) is 11.5. The molecule has 0 aliphatic rings. The Morgan fingerprint density at radius 3 is 2.53 bits per heavy atom. The van der Waals surface area contributed by atoms with E-state index in [1.165, 1.54) is 0 Å². The molecular formula is C11H19ClN2O. The molecule has 0 bridgehead atoms. The van der Waals surface area contributed by atoms with Gasteiger partial charge in [0.25, 0.3) is 0 Å². The molecule has 3 nitrogen and oxygen atoms in total. The van der Waals surface area contributed by atoms with Crippen LogP contribution >= 0.6 is 11.6 Å². The molecule has 1 aromatic rings. The highest BCUT2D eigenvalue weighted by atomic mass is 35.5. The van der Waals surface area contributed by atoms with Crippen molar-refractivity contribution in [3.63, 3.8) is 0 Å². The predicted octanol–water partition coefficient (Wildman–Crippen LogP) is 3.42. The van der Waals surface area contributed by atoms with Gasteiger partial charge in [-0.25, -0.2) is 0 Å². The van der Waals surface area contributed by atoms with Crippen molar-refractivity contribution in [3.8, 4) is 0 Å². The van der Waals surface area contributed by atoms with E-state index in [-0.39, 0.29) is 0 Å². The lowest BCUT2D eigenvalue weighted by molar-refractivity contribution is 0.282. The van der Waals surface area contributed by atoms with Crippen LogP contribution in [-0.2, 0) is 12.3 Å². The van der Waals surface area contributed by atoms with E-state index in [9.17, 15) is 0 Å². The molecule has 0 aromatic carbocycles. The van der Waals surface area contributed by atoms with Crippen LogP contribution in [0.15, 0.2) is 4.52 Å². The van der Waals surface area contributed by atoms with E-state index in [0.29, 0.717) is 28.9 Å². The van der Waals surface area contributed by atoms with Crippen LogP contribution in [0.3, 0.4) is 0 Å². The first-order chi connectivity index (χ1) is 6.90. The lowest BCUT2D eigenvalue weighted by atomic mass is 9.84. The number of aromatic nitrogens is 2. The highest BCUT2D eigenvalue weighted by Gasteiger charge is 2.17. The summed E-state index contributed by atoms with van der Waals surface area (Å²) in [5.74, 6) is 2.14. The van der Waals surface area contributed by atoms with Gasteiger partial charge in [0.05, 0.1) is 5.88 Å². The molecule has 1 atom stereocenters. The standard InChI is InChI=1S/C11H19ClN2O/c1-8(6-11(2,3)4)5-10-13-9(7-12)14-15-10/h8H,5-7H2,1-4H3. The summed E-state index contributed by atoms with van der Waals surface area (Å²) in [6.07, 6.45) is 1.98. The van der Waals surface area contributed by atoms with Crippen LogP contribution in [0.25, 0.3) is 0 Å². The smallest absolute Gasteiger partial charge is 0.226 e. The van der Waals surface area contributed by atoms with E-state index < -0.39 is 0 Å². The molecule has 0 saturated heterocycles. The van der Waals surface area contributed by atoms with E-state index in [1.807, 2.05) is 0 Å². The molecule has 0 spiro atoms.